The molecule has 1 aliphatic heterocycles. The van der Waals surface area contributed by atoms with Gasteiger partial charge in [0.1, 0.15) is 5.82 Å². The molecule has 126 valence electrons. The zero-order valence-corrected chi connectivity index (χ0v) is 14.8. The third-order valence-corrected chi connectivity index (χ3v) is 4.75. The number of piperazine rings is 1. The molecule has 7 heteroatoms. The number of aromatic nitrogens is 1. The summed E-state index contributed by atoms with van der Waals surface area (Å²) in [5, 5.41) is 3.59. The van der Waals surface area contributed by atoms with Crippen LogP contribution in [0.5, 0.6) is 0 Å². The first-order valence-electron chi connectivity index (χ1n) is 7.69. The fourth-order valence-electron chi connectivity index (χ4n) is 2.52. The molecule has 2 aromatic rings. The second-order valence-electron chi connectivity index (χ2n) is 5.78. The van der Waals surface area contributed by atoms with Crippen LogP contribution in [0.2, 0.25) is 10.0 Å². The van der Waals surface area contributed by atoms with Crippen molar-refractivity contribution in [3.05, 3.63) is 52.1 Å². The van der Waals surface area contributed by atoms with E-state index in [4.69, 9.17) is 23.2 Å². The lowest BCUT2D eigenvalue weighted by atomic mass is 10.2. The Kier molecular flexibility index (Phi) is 5.23. The lowest BCUT2D eigenvalue weighted by Gasteiger charge is -2.33. The number of likely N-dealkylation sites (N-methyl/N-ethyl adjacent to an activating group) is 1. The van der Waals surface area contributed by atoms with Crippen molar-refractivity contribution < 1.29 is 4.79 Å². The molecule has 1 aromatic carbocycles. The first-order chi connectivity index (χ1) is 11.5. The Morgan fingerprint density at radius 3 is 2.46 bits per heavy atom. The highest BCUT2D eigenvalue weighted by molar-refractivity contribution is 6.42. The number of nitrogens with one attached hydrogen (secondary N) is 1. The third-order valence-electron chi connectivity index (χ3n) is 4.01. The predicted molar refractivity (Wildman–Crippen MR) is 98.4 cm³/mol. The number of rotatable bonds is 3. The van der Waals surface area contributed by atoms with Gasteiger partial charge in [0, 0.05) is 31.7 Å². The molecule has 0 radical (unpaired) electrons. The molecule has 0 bridgehead atoms. The van der Waals surface area contributed by atoms with Crippen molar-refractivity contribution in [2.75, 3.05) is 43.4 Å². The summed E-state index contributed by atoms with van der Waals surface area (Å²) < 4.78 is 0. The minimum Gasteiger partial charge on any atom is -0.354 e. The molecule has 1 amide bonds. The maximum absolute atomic E-state index is 12.2. The minimum atomic E-state index is -0.247. The second-order valence-corrected chi connectivity index (χ2v) is 6.59. The van der Waals surface area contributed by atoms with Gasteiger partial charge in [0.2, 0.25) is 0 Å². The van der Waals surface area contributed by atoms with E-state index in [2.05, 4.69) is 27.1 Å². The van der Waals surface area contributed by atoms with Gasteiger partial charge in [0.25, 0.3) is 5.91 Å². The number of carbonyl (C=O) groups excluding carboxylic acids is 1. The average molecular weight is 365 g/mol. The summed E-state index contributed by atoms with van der Waals surface area (Å²) >= 11 is 11.8. The van der Waals surface area contributed by atoms with E-state index in [1.54, 1.807) is 24.4 Å². The number of hydrogen-bond acceptors (Lipinski definition) is 4. The highest BCUT2D eigenvalue weighted by Crippen LogP contribution is 2.23. The van der Waals surface area contributed by atoms with Gasteiger partial charge in [-0.3, -0.25) is 4.79 Å². The van der Waals surface area contributed by atoms with Crippen LogP contribution < -0.4 is 10.2 Å². The van der Waals surface area contributed by atoms with Crippen LogP contribution in [0, 0.1) is 0 Å². The Labute approximate surface area is 151 Å². The monoisotopic (exact) mass is 364 g/mol. The summed E-state index contributed by atoms with van der Waals surface area (Å²) in [7, 11) is 2.12. The van der Waals surface area contributed by atoms with Gasteiger partial charge in [-0.25, -0.2) is 4.98 Å². The average Bonchev–Trinajstić information content (AvgIpc) is 2.59. The van der Waals surface area contributed by atoms with Crippen LogP contribution >= 0.6 is 23.2 Å². The molecule has 0 atom stereocenters. The van der Waals surface area contributed by atoms with Crippen LogP contribution in [0.25, 0.3) is 0 Å². The van der Waals surface area contributed by atoms with Crippen LogP contribution in [0.4, 0.5) is 11.5 Å². The van der Waals surface area contributed by atoms with Crippen LogP contribution in [0.1, 0.15) is 10.4 Å². The maximum Gasteiger partial charge on any atom is 0.255 e. The van der Waals surface area contributed by atoms with Crippen molar-refractivity contribution in [3.8, 4) is 0 Å². The first-order valence-corrected chi connectivity index (χ1v) is 8.44. The SMILES string of the molecule is CN1CCN(c2ccc(NC(=O)c3ccc(Cl)c(Cl)c3)cn2)CC1. The lowest BCUT2D eigenvalue weighted by molar-refractivity contribution is 0.102. The van der Waals surface area contributed by atoms with Gasteiger partial charge in [0.05, 0.1) is 21.9 Å². The van der Waals surface area contributed by atoms with Crippen LogP contribution in [0.15, 0.2) is 36.5 Å². The number of amides is 1. The molecule has 1 fully saturated rings. The normalized spacial score (nSPS) is 15.4. The number of hydrogen-bond donors (Lipinski definition) is 1. The van der Waals surface area contributed by atoms with Crippen molar-refractivity contribution in [1.29, 1.82) is 0 Å². The van der Waals surface area contributed by atoms with Crippen LogP contribution in [0.3, 0.4) is 0 Å². The maximum atomic E-state index is 12.2. The third kappa shape index (κ3) is 3.98. The molecule has 1 aliphatic rings. The molecule has 1 N–H and O–H groups in total. The number of carbonyl (C=O) groups is 1. The van der Waals surface area contributed by atoms with E-state index in [0.29, 0.717) is 21.3 Å². The molecule has 3 rings (SSSR count). The number of benzene rings is 1. The van der Waals surface area contributed by atoms with E-state index in [1.165, 1.54) is 0 Å². The Balaban J connectivity index is 1.65. The molecule has 0 spiro atoms. The van der Waals surface area contributed by atoms with E-state index in [-0.39, 0.29) is 5.91 Å². The summed E-state index contributed by atoms with van der Waals surface area (Å²) in [5.41, 5.74) is 1.09. The Morgan fingerprint density at radius 1 is 1.08 bits per heavy atom. The minimum absolute atomic E-state index is 0.247. The highest BCUT2D eigenvalue weighted by atomic mass is 35.5. The van der Waals surface area contributed by atoms with E-state index in [1.807, 2.05) is 12.1 Å². The topological polar surface area (TPSA) is 48.5 Å². The summed E-state index contributed by atoms with van der Waals surface area (Å²) in [6, 6.07) is 8.57. The molecule has 5 nitrogen and oxygen atoms in total. The zero-order valence-electron chi connectivity index (χ0n) is 13.3. The molecule has 1 aromatic heterocycles. The van der Waals surface area contributed by atoms with Crippen molar-refractivity contribution in [2.24, 2.45) is 0 Å². The van der Waals surface area contributed by atoms with Gasteiger partial charge in [-0.2, -0.15) is 0 Å². The molecular formula is C17H18Cl2N4O. The molecule has 0 aliphatic carbocycles. The number of anilines is 2. The van der Waals surface area contributed by atoms with E-state index >= 15 is 0 Å². The Bertz CT molecular complexity index is 728. The summed E-state index contributed by atoms with van der Waals surface area (Å²) in [5.74, 6) is 0.679. The van der Waals surface area contributed by atoms with Gasteiger partial charge in [-0.1, -0.05) is 23.2 Å². The summed E-state index contributed by atoms with van der Waals surface area (Å²) in [6.07, 6.45) is 1.67. The summed E-state index contributed by atoms with van der Waals surface area (Å²) in [4.78, 5) is 21.2. The van der Waals surface area contributed by atoms with Gasteiger partial charge in [-0.05, 0) is 37.4 Å². The smallest absolute Gasteiger partial charge is 0.255 e. The number of pyridine rings is 1. The second kappa shape index (κ2) is 7.38. The molecule has 0 saturated carbocycles. The lowest BCUT2D eigenvalue weighted by Crippen LogP contribution is -2.44. The van der Waals surface area contributed by atoms with Crippen LogP contribution in [-0.4, -0.2) is 49.0 Å². The molecule has 2 heterocycles. The zero-order chi connectivity index (χ0) is 17.1. The predicted octanol–water partition coefficient (Wildman–Crippen LogP) is 3.39. The van der Waals surface area contributed by atoms with Crippen molar-refractivity contribution in [1.82, 2.24) is 9.88 Å². The molecule has 24 heavy (non-hydrogen) atoms. The van der Waals surface area contributed by atoms with Gasteiger partial charge < -0.3 is 15.1 Å². The number of halogens is 2. The van der Waals surface area contributed by atoms with Gasteiger partial charge in [-0.15, -0.1) is 0 Å². The van der Waals surface area contributed by atoms with Crippen molar-refractivity contribution in [3.63, 3.8) is 0 Å². The molecular weight excluding hydrogens is 347 g/mol. The molecule has 1 saturated heterocycles. The quantitative estimate of drug-likeness (QED) is 0.906. The van der Waals surface area contributed by atoms with E-state index in [9.17, 15) is 4.79 Å². The molecule has 0 unspecified atom stereocenters. The summed E-state index contributed by atoms with van der Waals surface area (Å²) in [6.45, 7) is 3.96. The largest absolute Gasteiger partial charge is 0.354 e. The highest BCUT2D eigenvalue weighted by Gasteiger charge is 2.15. The first kappa shape index (κ1) is 17.0. The van der Waals surface area contributed by atoms with E-state index in [0.717, 1.165) is 32.0 Å². The van der Waals surface area contributed by atoms with Crippen molar-refractivity contribution in [2.45, 2.75) is 0 Å². The van der Waals surface area contributed by atoms with Crippen molar-refractivity contribution >= 4 is 40.6 Å². The number of nitrogens with zero attached hydrogens (tertiary/aromatic N) is 3. The Morgan fingerprint density at radius 2 is 1.83 bits per heavy atom. The van der Waals surface area contributed by atoms with E-state index < -0.39 is 0 Å². The fourth-order valence-corrected chi connectivity index (χ4v) is 2.82. The van der Waals surface area contributed by atoms with Crippen LogP contribution in [-0.2, 0) is 0 Å². The van der Waals surface area contributed by atoms with Gasteiger partial charge >= 0.3 is 0 Å². The standard InChI is InChI=1S/C17H18Cl2N4O/c1-22-6-8-23(9-7-22)16-5-3-13(11-20-16)21-17(24)12-2-4-14(18)15(19)10-12/h2-5,10-11H,6-9H2,1H3,(H,21,24). The Hall–Kier alpha value is -1.82. The van der Waals surface area contributed by atoms with Gasteiger partial charge in [0.15, 0.2) is 0 Å². The fraction of sp³-hybridized carbons (Fsp3) is 0.294.